The maximum Gasteiger partial charge on any atom is 0.269 e. The predicted molar refractivity (Wildman–Crippen MR) is 70.5 cm³/mol. The summed E-state index contributed by atoms with van der Waals surface area (Å²) in [5.74, 6) is -0.285. The molecule has 0 aliphatic carbocycles. The van der Waals surface area contributed by atoms with Crippen LogP contribution in [0.5, 0.6) is 0 Å². The highest BCUT2D eigenvalue weighted by atomic mass is 32.2. The van der Waals surface area contributed by atoms with Gasteiger partial charge in [0.05, 0.1) is 10.7 Å². The highest BCUT2D eigenvalue weighted by molar-refractivity contribution is 7.85. The Bertz CT molecular complexity index is 527. The molecule has 7 nitrogen and oxygen atoms in total. The van der Waals surface area contributed by atoms with E-state index < -0.39 is 15.0 Å². The fourth-order valence-corrected chi connectivity index (χ4v) is 2.08. The summed E-state index contributed by atoms with van der Waals surface area (Å²) in [7, 11) is -3.92. The van der Waals surface area contributed by atoms with Gasteiger partial charge in [-0.05, 0) is 25.5 Å². The van der Waals surface area contributed by atoms with E-state index in [9.17, 15) is 18.5 Å². The Morgan fingerprint density at radius 3 is 2.42 bits per heavy atom. The summed E-state index contributed by atoms with van der Waals surface area (Å²) in [5.41, 5.74) is 0.903. The molecule has 0 radical (unpaired) electrons. The maximum absolute atomic E-state index is 10.5. The molecule has 1 aromatic rings. The molecule has 8 heteroatoms. The van der Waals surface area contributed by atoms with E-state index in [0.29, 0.717) is 13.0 Å². The molecular formula is C11H16N2O5S. The van der Waals surface area contributed by atoms with Crippen molar-refractivity contribution < 1.29 is 17.9 Å². The topological polar surface area (TPSA) is 110 Å². The van der Waals surface area contributed by atoms with Gasteiger partial charge in [0.1, 0.15) is 0 Å². The van der Waals surface area contributed by atoms with Crippen LogP contribution in [0.2, 0.25) is 0 Å². The van der Waals surface area contributed by atoms with Crippen LogP contribution in [0, 0.1) is 10.1 Å². The van der Waals surface area contributed by atoms with E-state index in [1.54, 1.807) is 12.1 Å². The average Bonchev–Trinajstić information content (AvgIpc) is 2.33. The lowest BCUT2D eigenvalue weighted by atomic mass is 10.1. The maximum atomic E-state index is 10.5. The molecular weight excluding hydrogens is 272 g/mol. The van der Waals surface area contributed by atoms with Crippen molar-refractivity contribution in [2.75, 3.05) is 12.3 Å². The Morgan fingerprint density at radius 2 is 1.95 bits per heavy atom. The molecule has 0 spiro atoms. The minimum atomic E-state index is -3.92. The predicted octanol–water partition coefficient (Wildman–Crippen LogP) is 1.52. The molecule has 0 aromatic heterocycles. The summed E-state index contributed by atoms with van der Waals surface area (Å²) in [5, 5.41) is 13.6. The number of nitrogens with zero attached hydrogens (tertiary/aromatic N) is 1. The highest BCUT2D eigenvalue weighted by Crippen LogP contribution is 2.17. The van der Waals surface area contributed by atoms with Crippen molar-refractivity contribution in [3.05, 3.63) is 39.9 Å². The normalized spacial score (nSPS) is 13.2. The Hall–Kier alpha value is -1.51. The van der Waals surface area contributed by atoms with Crippen LogP contribution < -0.4 is 5.32 Å². The zero-order valence-electron chi connectivity index (χ0n) is 10.4. The number of nitro groups is 1. The minimum absolute atomic E-state index is 0.0299. The molecule has 19 heavy (non-hydrogen) atoms. The van der Waals surface area contributed by atoms with Gasteiger partial charge >= 0.3 is 0 Å². The first kappa shape index (κ1) is 15.5. The van der Waals surface area contributed by atoms with E-state index in [1.807, 2.05) is 6.92 Å². The lowest BCUT2D eigenvalue weighted by molar-refractivity contribution is -0.384. The zero-order valence-corrected chi connectivity index (χ0v) is 11.3. The van der Waals surface area contributed by atoms with E-state index in [2.05, 4.69) is 5.32 Å². The first-order valence-electron chi connectivity index (χ1n) is 5.72. The van der Waals surface area contributed by atoms with Crippen molar-refractivity contribution in [3.63, 3.8) is 0 Å². The Kier molecular flexibility index (Phi) is 5.40. The SMILES string of the molecule is C[C@@H](NCCCS(=O)(=O)O)c1ccc([N+](=O)[O-])cc1. The van der Waals surface area contributed by atoms with Gasteiger partial charge in [0, 0.05) is 18.2 Å². The van der Waals surface area contributed by atoms with Gasteiger partial charge in [-0.3, -0.25) is 14.7 Å². The van der Waals surface area contributed by atoms with Crippen LogP contribution in [0.25, 0.3) is 0 Å². The summed E-state index contributed by atoms with van der Waals surface area (Å²) in [6, 6.07) is 6.09. The molecule has 1 atom stereocenters. The molecule has 0 saturated carbocycles. The van der Waals surface area contributed by atoms with E-state index in [-0.39, 0.29) is 17.5 Å². The van der Waals surface area contributed by atoms with Crippen molar-refractivity contribution in [1.82, 2.24) is 5.32 Å². The molecule has 106 valence electrons. The smallest absolute Gasteiger partial charge is 0.269 e. The van der Waals surface area contributed by atoms with Crippen LogP contribution in [-0.2, 0) is 10.1 Å². The molecule has 0 saturated heterocycles. The van der Waals surface area contributed by atoms with Gasteiger partial charge in [-0.2, -0.15) is 8.42 Å². The fourth-order valence-electron chi connectivity index (χ4n) is 1.58. The zero-order chi connectivity index (χ0) is 14.5. The van der Waals surface area contributed by atoms with Crippen molar-refractivity contribution >= 4 is 15.8 Å². The third-order valence-electron chi connectivity index (χ3n) is 2.63. The molecule has 0 aliphatic heterocycles. The summed E-state index contributed by atoms with van der Waals surface area (Å²) in [6.07, 6.45) is 0.302. The van der Waals surface area contributed by atoms with Gasteiger partial charge < -0.3 is 5.32 Å². The van der Waals surface area contributed by atoms with Crippen molar-refractivity contribution in [1.29, 1.82) is 0 Å². The Morgan fingerprint density at radius 1 is 1.37 bits per heavy atom. The number of hydrogen-bond acceptors (Lipinski definition) is 5. The van der Waals surface area contributed by atoms with Crippen LogP contribution >= 0.6 is 0 Å². The second-order valence-electron chi connectivity index (χ2n) is 4.16. The minimum Gasteiger partial charge on any atom is -0.310 e. The van der Waals surface area contributed by atoms with E-state index >= 15 is 0 Å². The second kappa shape index (κ2) is 6.60. The van der Waals surface area contributed by atoms with Crippen LogP contribution in [-0.4, -0.2) is 30.2 Å². The number of benzene rings is 1. The number of hydrogen-bond donors (Lipinski definition) is 2. The third-order valence-corrected chi connectivity index (χ3v) is 3.44. The van der Waals surface area contributed by atoms with E-state index in [0.717, 1.165) is 5.56 Å². The van der Waals surface area contributed by atoms with Crippen molar-refractivity contribution in [2.24, 2.45) is 0 Å². The second-order valence-corrected chi connectivity index (χ2v) is 5.74. The number of non-ortho nitro benzene ring substituents is 1. The highest BCUT2D eigenvalue weighted by Gasteiger charge is 2.09. The van der Waals surface area contributed by atoms with Gasteiger partial charge in [-0.1, -0.05) is 12.1 Å². The van der Waals surface area contributed by atoms with Crippen molar-refractivity contribution in [2.45, 2.75) is 19.4 Å². The first-order valence-corrected chi connectivity index (χ1v) is 7.33. The number of nitro benzene ring substituents is 1. The number of rotatable bonds is 7. The van der Waals surface area contributed by atoms with Crippen LogP contribution in [0.1, 0.15) is 24.9 Å². The fraction of sp³-hybridized carbons (Fsp3) is 0.455. The van der Waals surface area contributed by atoms with Gasteiger partial charge in [-0.15, -0.1) is 0 Å². The van der Waals surface area contributed by atoms with E-state index in [4.69, 9.17) is 4.55 Å². The van der Waals surface area contributed by atoms with Gasteiger partial charge in [0.25, 0.3) is 15.8 Å². The lowest BCUT2D eigenvalue weighted by Gasteiger charge is -2.13. The van der Waals surface area contributed by atoms with Gasteiger partial charge in [0.15, 0.2) is 0 Å². The third kappa shape index (κ3) is 5.77. The van der Waals surface area contributed by atoms with E-state index in [1.165, 1.54) is 12.1 Å². The molecule has 0 aliphatic rings. The largest absolute Gasteiger partial charge is 0.310 e. The summed E-state index contributed by atoms with van der Waals surface area (Å²) >= 11 is 0. The molecule has 0 amide bonds. The molecule has 0 fully saturated rings. The molecule has 1 aromatic carbocycles. The van der Waals surface area contributed by atoms with Crippen LogP contribution in [0.4, 0.5) is 5.69 Å². The van der Waals surface area contributed by atoms with Gasteiger partial charge in [-0.25, -0.2) is 0 Å². The van der Waals surface area contributed by atoms with Gasteiger partial charge in [0.2, 0.25) is 0 Å². The Labute approximate surface area is 111 Å². The van der Waals surface area contributed by atoms with Crippen LogP contribution in [0.3, 0.4) is 0 Å². The lowest BCUT2D eigenvalue weighted by Crippen LogP contribution is -2.21. The summed E-state index contributed by atoms with van der Waals surface area (Å²) < 4.78 is 29.6. The first-order chi connectivity index (χ1) is 8.79. The molecule has 0 unspecified atom stereocenters. The molecule has 0 heterocycles. The Balaban J connectivity index is 2.45. The number of nitrogens with one attached hydrogen (secondary N) is 1. The monoisotopic (exact) mass is 288 g/mol. The van der Waals surface area contributed by atoms with Crippen LogP contribution in [0.15, 0.2) is 24.3 Å². The molecule has 1 rings (SSSR count). The molecule has 0 bridgehead atoms. The quantitative estimate of drug-likeness (QED) is 0.341. The standard InChI is InChI=1S/C11H16N2O5S/c1-9(12-7-2-8-19(16,17)18)10-3-5-11(6-4-10)13(14)15/h3-6,9,12H,2,7-8H2,1H3,(H,16,17,18)/t9-/m1/s1. The van der Waals surface area contributed by atoms with Crippen molar-refractivity contribution in [3.8, 4) is 0 Å². The summed E-state index contributed by atoms with van der Waals surface area (Å²) in [4.78, 5) is 10.0. The summed E-state index contributed by atoms with van der Waals surface area (Å²) in [6.45, 7) is 2.30. The molecule has 2 N–H and O–H groups in total. The average molecular weight is 288 g/mol.